The van der Waals surface area contributed by atoms with Crippen LogP contribution in [0.3, 0.4) is 0 Å². The Morgan fingerprint density at radius 3 is 2.11 bits per heavy atom. The summed E-state index contributed by atoms with van der Waals surface area (Å²) < 4.78 is 68.6. The van der Waals surface area contributed by atoms with Crippen LogP contribution in [0.5, 0.6) is 0 Å². The summed E-state index contributed by atoms with van der Waals surface area (Å²) in [7, 11) is -10.1. The van der Waals surface area contributed by atoms with E-state index in [1.54, 1.807) is 24.3 Å². The standard InChI is InChI=1S/C19H14IN5O8S2.Na/c20-12-1-3-13(4-2-12)21-23-19(24-22-14-5-7-15(8-6-14)25(26)27)17-10-9-16(34(28,29)30)11-18(17)35(31,32)33;/h1-11,21H,(H,28,29,30)(H,31,32,33);/q;+1/p-1/b23-19-,24-22?;. The number of hydrogen-bond donors (Lipinski definition) is 2. The summed E-state index contributed by atoms with van der Waals surface area (Å²) in [5.41, 5.74) is 2.69. The molecule has 0 spiro atoms. The van der Waals surface area contributed by atoms with E-state index in [0.29, 0.717) is 11.8 Å². The van der Waals surface area contributed by atoms with Gasteiger partial charge in [-0.2, -0.15) is 13.5 Å². The summed E-state index contributed by atoms with van der Waals surface area (Å²) in [5.74, 6) is -0.413. The van der Waals surface area contributed by atoms with Crippen LogP contribution in [0.2, 0.25) is 0 Å². The number of anilines is 1. The van der Waals surface area contributed by atoms with Crippen molar-refractivity contribution in [3.05, 3.63) is 86.0 Å². The second-order valence-electron chi connectivity index (χ2n) is 6.61. The summed E-state index contributed by atoms with van der Waals surface area (Å²) in [6.45, 7) is 0. The van der Waals surface area contributed by atoms with E-state index in [4.69, 9.17) is 0 Å². The average Bonchev–Trinajstić information content (AvgIpc) is 2.79. The third kappa shape index (κ3) is 8.10. The molecule has 0 aliphatic carbocycles. The number of non-ortho nitro benzene ring substituents is 1. The predicted octanol–water partition coefficient (Wildman–Crippen LogP) is 0.912. The second kappa shape index (κ2) is 12.3. The molecule has 0 atom stereocenters. The molecule has 0 aliphatic heterocycles. The van der Waals surface area contributed by atoms with E-state index < -0.39 is 40.8 Å². The summed E-state index contributed by atoms with van der Waals surface area (Å²) in [5, 5.41) is 22.6. The number of nitrogens with zero attached hydrogens (tertiary/aromatic N) is 4. The number of nitrogens with one attached hydrogen (secondary N) is 1. The molecule has 0 saturated carbocycles. The molecule has 13 nitrogen and oxygen atoms in total. The van der Waals surface area contributed by atoms with Crippen molar-refractivity contribution < 1.29 is 60.4 Å². The van der Waals surface area contributed by atoms with Gasteiger partial charge in [-0.15, -0.1) is 10.2 Å². The maximum Gasteiger partial charge on any atom is 1.00 e. The van der Waals surface area contributed by atoms with Crippen LogP contribution < -0.4 is 35.0 Å². The van der Waals surface area contributed by atoms with Gasteiger partial charge in [-0.1, -0.05) is 0 Å². The van der Waals surface area contributed by atoms with E-state index in [1.165, 1.54) is 24.3 Å². The molecule has 0 unspecified atom stereocenters. The van der Waals surface area contributed by atoms with Gasteiger partial charge in [0.1, 0.15) is 15.0 Å². The van der Waals surface area contributed by atoms with Gasteiger partial charge >= 0.3 is 29.6 Å². The molecular weight excluding hydrogens is 640 g/mol. The number of rotatable bonds is 7. The van der Waals surface area contributed by atoms with Crippen LogP contribution in [-0.4, -0.2) is 36.7 Å². The zero-order valence-corrected chi connectivity index (χ0v) is 23.9. The molecule has 0 aliphatic rings. The summed E-state index contributed by atoms with van der Waals surface area (Å²) in [6.07, 6.45) is 0. The largest absolute Gasteiger partial charge is 1.00 e. The van der Waals surface area contributed by atoms with Gasteiger partial charge in [0.25, 0.3) is 15.8 Å². The Kier molecular flexibility index (Phi) is 10.2. The molecule has 0 fully saturated rings. The van der Waals surface area contributed by atoms with Gasteiger partial charge < -0.3 is 4.55 Å². The van der Waals surface area contributed by atoms with Gasteiger partial charge in [-0.05, 0) is 77.2 Å². The van der Waals surface area contributed by atoms with Crippen molar-refractivity contribution in [2.75, 3.05) is 5.43 Å². The third-order valence-electron chi connectivity index (χ3n) is 4.22. The molecule has 0 amide bonds. The smallest absolute Gasteiger partial charge is 0.744 e. The first-order valence-electron chi connectivity index (χ1n) is 9.18. The summed E-state index contributed by atoms with van der Waals surface area (Å²) in [4.78, 5) is 8.36. The maximum absolute atomic E-state index is 12.0. The topological polar surface area (TPSA) is 204 Å². The van der Waals surface area contributed by atoms with Crippen molar-refractivity contribution in [1.29, 1.82) is 0 Å². The maximum atomic E-state index is 12.0. The number of hydrazone groups is 1. The molecule has 17 heteroatoms. The van der Waals surface area contributed by atoms with E-state index in [9.17, 15) is 36.1 Å². The number of hydrogen-bond acceptors (Lipinski definition) is 10. The van der Waals surface area contributed by atoms with E-state index in [-0.39, 0.29) is 46.5 Å². The van der Waals surface area contributed by atoms with Crippen molar-refractivity contribution in [2.45, 2.75) is 9.79 Å². The Morgan fingerprint density at radius 2 is 1.58 bits per heavy atom. The zero-order chi connectivity index (χ0) is 25.8. The molecule has 182 valence electrons. The fourth-order valence-corrected chi connectivity index (χ4v) is 4.23. The Morgan fingerprint density at radius 1 is 0.972 bits per heavy atom. The number of amidine groups is 1. The minimum atomic E-state index is -5.04. The first-order valence-corrected chi connectivity index (χ1v) is 13.1. The molecule has 0 saturated heterocycles. The quantitative estimate of drug-likeness (QED) is 0.0543. The second-order valence-corrected chi connectivity index (χ2v) is 10.6. The molecule has 0 aromatic heterocycles. The van der Waals surface area contributed by atoms with E-state index in [1.807, 2.05) is 0 Å². The first kappa shape index (κ1) is 29.9. The molecule has 0 radical (unpaired) electrons. The van der Waals surface area contributed by atoms with Crippen molar-refractivity contribution in [3.63, 3.8) is 0 Å². The third-order valence-corrected chi connectivity index (χ3v) is 6.66. The normalized spacial score (nSPS) is 12.2. The number of nitro benzene ring substituents is 1. The molecule has 3 aromatic rings. The number of nitro groups is 1. The Bertz CT molecular complexity index is 1550. The zero-order valence-electron chi connectivity index (χ0n) is 18.1. The number of azo groups is 1. The predicted molar refractivity (Wildman–Crippen MR) is 131 cm³/mol. The molecule has 3 aromatic carbocycles. The van der Waals surface area contributed by atoms with Gasteiger partial charge in [0.05, 0.1) is 21.2 Å². The number of halogens is 1. The Hall–Kier alpha value is -2.32. The SMILES string of the molecule is O=[N+]([O-])c1ccc(N=N/C(=N\Nc2ccc(I)cc2)c2ccc(S(=O)(=O)[O-])cc2S(=O)(=O)O)cc1.[Na+]. The Balaban J connectivity index is 0.00000456. The minimum Gasteiger partial charge on any atom is -0.744 e. The summed E-state index contributed by atoms with van der Waals surface area (Å²) >= 11 is 2.09. The van der Waals surface area contributed by atoms with Crippen LogP contribution in [0.1, 0.15) is 5.56 Å². The molecule has 2 N–H and O–H groups in total. The van der Waals surface area contributed by atoms with Crippen molar-refractivity contribution in [1.82, 2.24) is 0 Å². The fourth-order valence-electron chi connectivity index (χ4n) is 2.58. The molecule has 0 bridgehead atoms. The molecule has 0 heterocycles. The molecule has 3 rings (SSSR count). The first-order chi connectivity index (χ1) is 16.3. The monoisotopic (exact) mass is 653 g/mol. The van der Waals surface area contributed by atoms with E-state index in [0.717, 1.165) is 15.7 Å². The van der Waals surface area contributed by atoms with Crippen LogP contribution >= 0.6 is 22.6 Å². The Labute approximate surface area is 240 Å². The van der Waals surface area contributed by atoms with Crippen LogP contribution in [0.25, 0.3) is 0 Å². The molecular formula is C19H13IN5NaO8S2. The van der Waals surface area contributed by atoms with Crippen LogP contribution in [0, 0.1) is 13.7 Å². The average molecular weight is 653 g/mol. The minimum absolute atomic E-state index is 0. The van der Waals surface area contributed by atoms with Gasteiger partial charge in [-0.3, -0.25) is 20.1 Å². The van der Waals surface area contributed by atoms with Crippen LogP contribution in [0.15, 0.2) is 91.9 Å². The van der Waals surface area contributed by atoms with Gasteiger partial charge in [0.15, 0.2) is 0 Å². The van der Waals surface area contributed by atoms with Gasteiger partial charge in [-0.25, -0.2) is 8.42 Å². The van der Waals surface area contributed by atoms with E-state index >= 15 is 0 Å². The van der Waals surface area contributed by atoms with E-state index in [2.05, 4.69) is 43.3 Å². The van der Waals surface area contributed by atoms with Crippen LogP contribution in [-0.2, 0) is 20.2 Å². The van der Waals surface area contributed by atoms with Gasteiger partial charge in [0.2, 0.25) is 5.84 Å². The van der Waals surface area contributed by atoms with Crippen LogP contribution in [0.4, 0.5) is 17.1 Å². The number of benzene rings is 3. The summed E-state index contributed by atoms with van der Waals surface area (Å²) in [6, 6.07) is 14.0. The van der Waals surface area contributed by atoms with Crippen molar-refractivity contribution in [3.8, 4) is 0 Å². The fraction of sp³-hybridized carbons (Fsp3) is 0. The molecule has 36 heavy (non-hydrogen) atoms. The van der Waals surface area contributed by atoms with Gasteiger partial charge in [0, 0.05) is 21.3 Å². The van der Waals surface area contributed by atoms with Crippen molar-refractivity contribution >= 4 is 65.7 Å². The van der Waals surface area contributed by atoms with Crippen molar-refractivity contribution in [2.24, 2.45) is 15.3 Å².